The van der Waals surface area contributed by atoms with Crippen molar-refractivity contribution in [2.45, 2.75) is 54.3 Å². The minimum absolute atomic E-state index is 0.0198. The molecule has 0 bridgehead atoms. The van der Waals surface area contributed by atoms with E-state index in [-0.39, 0.29) is 34.3 Å². The molecule has 3 aliphatic rings. The predicted octanol–water partition coefficient (Wildman–Crippen LogP) is 3.70. The van der Waals surface area contributed by atoms with Gasteiger partial charge in [-0.1, -0.05) is 12.5 Å². The van der Waals surface area contributed by atoms with E-state index in [4.69, 9.17) is 0 Å². The Bertz CT molecular complexity index is 580. The summed E-state index contributed by atoms with van der Waals surface area (Å²) in [5.74, 6) is -0.187. The van der Waals surface area contributed by atoms with Crippen LogP contribution in [0.15, 0.2) is 18.2 Å². The topological polar surface area (TPSA) is 24.1 Å². The summed E-state index contributed by atoms with van der Waals surface area (Å²) >= 11 is 6.59. The van der Waals surface area contributed by atoms with E-state index >= 15 is 0 Å². The zero-order valence-corrected chi connectivity index (χ0v) is 14.7. The summed E-state index contributed by atoms with van der Waals surface area (Å²) in [6.45, 7) is 2.02. The molecule has 1 aromatic carbocycles. The van der Waals surface area contributed by atoms with Gasteiger partial charge in [-0.15, -0.1) is 11.8 Å². The lowest BCUT2D eigenvalue weighted by Gasteiger charge is -2.31. The van der Waals surface area contributed by atoms with Gasteiger partial charge >= 0.3 is 0 Å². The third kappa shape index (κ3) is 2.71. The number of benzene rings is 1. The molecule has 23 heavy (non-hydrogen) atoms. The zero-order valence-electron chi connectivity index (χ0n) is 13.0. The Morgan fingerprint density at radius 3 is 2.65 bits per heavy atom. The Hall–Kier alpha value is -0.300. The summed E-state index contributed by atoms with van der Waals surface area (Å²) in [6.07, 6.45) is 3.58. The molecule has 3 fully saturated rings. The summed E-state index contributed by atoms with van der Waals surface area (Å²) in [5, 5.41) is 7.84. The summed E-state index contributed by atoms with van der Waals surface area (Å²) < 4.78 is 28.9. The molecular formula is C17H22F2N2S2. The summed E-state index contributed by atoms with van der Waals surface area (Å²) in [5.41, 5.74) is 0.201. The van der Waals surface area contributed by atoms with Crippen molar-refractivity contribution < 1.29 is 8.78 Å². The van der Waals surface area contributed by atoms with Crippen molar-refractivity contribution >= 4 is 24.4 Å². The Morgan fingerprint density at radius 2 is 1.91 bits per heavy atom. The maximum absolute atomic E-state index is 14.5. The molecule has 2 N–H and O–H groups in total. The number of nitrogens with one attached hydrogen (secondary N) is 2. The fourth-order valence-electron chi connectivity index (χ4n) is 4.52. The van der Waals surface area contributed by atoms with Gasteiger partial charge in [-0.2, -0.15) is 12.6 Å². The minimum atomic E-state index is -0.447. The molecular weight excluding hydrogens is 334 g/mol. The number of hydrogen-bond acceptors (Lipinski definition) is 4. The van der Waals surface area contributed by atoms with Crippen LogP contribution in [-0.4, -0.2) is 22.0 Å². The van der Waals surface area contributed by atoms with Gasteiger partial charge in [0.1, 0.15) is 11.6 Å². The van der Waals surface area contributed by atoms with Crippen molar-refractivity contribution in [2.75, 3.05) is 0 Å². The standard InChI is InChI=1S/C17H22F2N2S2/c1-8-16(22)21-17-13(9-4-2-7-12(9)23-17)15(20-8)14-10(18)5-3-6-11(14)19/h3,5-6,8-9,12-13,15-17,20-22H,2,4,7H2,1H3/t8-,9+,12-,13-,15-,16-,17-/m0/s1. The maximum atomic E-state index is 14.5. The van der Waals surface area contributed by atoms with Crippen LogP contribution in [0, 0.1) is 23.5 Å². The fourth-order valence-corrected chi connectivity index (χ4v) is 6.83. The number of hydrogen-bond donors (Lipinski definition) is 3. The Morgan fingerprint density at radius 1 is 1.17 bits per heavy atom. The lowest BCUT2D eigenvalue weighted by atomic mass is 9.81. The van der Waals surface area contributed by atoms with Gasteiger partial charge in [-0.25, -0.2) is 8.78 Å². The molecule has 1 saturated carbocycles. The normalized spacial score (nSPS) is 43.0. The smallest absolute Gasteiger partial charge is 0.130 e. The van der Waals surface area contributed by atoms with E-state index in [0.29, 0.717) is 11.2 Å². The Labute approximate surface area is 145 Å². The highest BCUT2D eigenvalue weighted by Gasteiger charge is 2.52. The van der Waals surface area contributed by atoms with Crippen molar-refractivity contribution in [3.8, 4) is 0 Å². The highest BCUT2D eigenvalue weighted by Crippen LogP contribution is 2.55. The van der Waals surface area contributed by atoms with E-state index in [1.807, 2.05) is 18.7 Å². The van der Waals surface area contributed by atoms with E-state index in [9.17, 15) is 8.78 Å². The highest BCUT2D eigenvalue weighted by molar-refractivity contribution is 8.00. The van der Waals surface area contributed by atoms with Gasteiger partial charge in [-0.3, -0.25) is 5.32 Å². The molecule has 0 aromatic heterocycles. The quantitative estimate of drug-likeness (QED) is 0.669. The van der Waals surface area contributed by atoms with Crippen molar-refractivity contribution in [1.82, 2.24) is 10.6 Å². The van der Waals surface area contributed by atoms with Crippen molar-refractivity contribution in [1.29, 1.82) is 0 Å². The molecule has 1 aromatic rings. The molecule has 1 aliphatic carbocycles. The van der Waals surface area contributed by atoms with E-state index in [1.165, 1.54) is 31.0 Å². The molecule has 2 nitrogen and oxygen atoms in total. The molecule has 7 atom stereocenters. The number of thioether (sulfide) groups is 1. The molecule has 0 amide bonds. The molecule has 4 rings (SSSR count). The van der Waals surface area contributed by atoms with Crippen molar-refractivity contribution in [3.63, 3.8) is 0 Å². The monoisotopic (exact) mass is 356 g/mol. The Balaban J connectivity index is 1.78. The second-order valence-corrected chi connectivity index (χ2v) is 8.89. The molecule has 0 unspecified atom stereocenters. The summed E-state index contributed by atoms with van der Waals surface area (Å²) in [7, 11) is 0. The molecule has 2 saturated heterocycles. The molecule has 2 aliphatic heterocycles. The predicted molar refractivity (Wildman–Crippen MR) is 93.6 cm³/mol. The first-order chi connectivity index (χ1) is 11.1. The lowest BCUT2D eigenvalue weighted by Crippen LogP contribution is -2.42. The van der Waals surface area contributed by atoms with Crippen LogP contribution in [0.1, 0.15) is 37.8 Å². The van der Waals surface area contributed by atoms with E-state index in [1.54, 1.807) is 0 Å². The van der Waals surface area contributed by atoms with E-state index in [2.05, 4.69) is 23.3 Å². The van der Waals surface area contributed by atoms with Crippen LogP contribution < -0.4 is 10.6 Å². The average molecular weight is 357 g/mol. The van der Waals surface area contributed by atoms with Gasteiger partial charge in [0.2, 0.25) is 0 Å². The first-order valence-electron chi connectivity index (χ1n) is 8.36. The summed E-state index contributed by atoms with van der Waals surface area (Å²) in [6, 6.07) is 3.90. The summed E-state index contributed by atoms with van der Waals surface area (Å²) in [4.78, 5) is 0. The second kappa shape index (κ2) is 6.21. The van der Waals surface area contributed by atoms with Crippen LogP contribution in [0.5, 0.6) is 0 Å². The molecule has 2 heterocycles. The molecule has 0 radical (unpaired) electrons. The van der Waals surface area contributed by atoms with Crippen LogP contribution in [0.4, 0.5) is 8.78 Å². The molecule has 6 heteroatoms. The van der Waals surface area contributed by atoms with Gasteiger partial charge in [0, 0.05) is 28.8 Å². The van der Waals surface area contributed by atoms with Crippen LogP contribution in [0.25, 0.3) is 0 Å². The third-order valence-corrected chi connectivity index (χ3v) is 7.89. The van der Waals surface area contributed by atoms with Crippen LogP contribution in [0.3, 0.4) is 0 Å². The lowest BCUT2D eigenvalue weighted by molar-refractivity contribution is 0.257. The minimum Gasteiger partial charge on any atom is -0.304 e. The third-order valence-electron chi connectivity index (χ3n) is 5.62. The zero-order chi connectivity index (χ0) is 16.1. The van der Waals surface area contributed by atoms with Crippen LogP contribution in [0.2, 0.25) is 0 Å². The average Bonchev–Trinajstić information content (AvgIpc) is 3.03. The van der Waals surface area contributed by atoms with Gasteiger partial charge in [0.15, 0.2) is 0 Å². The van der Waals surface area contributed by atoms with Gasteiger partial charge in [0.05, 0.1) is 10.7 Å². The van der Waals surface area contributed by atoms with Gasteiger partial charge in [-0.05, 0) is 37.8 Å². The van der Waals surface area contributed by atoms with Crippen LogP contribution >= 0.6 is 24.4 Å². The van der Waals surface area contributed by atoms with E-state index in [0.717, 1.165) is 6.42 Å². The number of rotatable bonds is 1. The van der Waals surface area contributed by atoms with Gasteiger partial charge in [0.25, 0.3) is 0 Å². The molecule has 0 spiro atoms. The largest absolute Gasteiger partial charge is 0.304 e. The SMILES string of the molecule is C[C@@H]1N[C@H](c2c(F)cccc2F)[C@@H]2[C@@H]3CCC[C@@H]3S[C@@H]2N[C@H]1S. The molecule has 126 valence electrons. The van der Waals surface area contributed by atoms with Gasteiger partial charge < -0.3 is 5.32 Å². The van der Waals surface area contributed by atoms with Crippen molar-refractivity contribution in [2.24, 2.45) is 11.8 Å². The first-order valence-corrected chi connectivity index (χ1v) is 9.81. The number of thiol groups is 1. The van der Waals surface area contributed by atoms with Crippen molar-refractivity contribution in [3.05, 3.63) is 35.4 Å². The number of fused-ring (bicyclic) bond motifs is 3. The van der Waals surface area contributed by atoms with Crippen LogP contribution in [-0.2, 0) is 0 Å². The highest BCUT2D eigenvalue weighted by atomic mass is 32.2. The Kier molecular flexibility index (Phi) is 4.37. The number of halogens is 2. The van der Waals surface area contributed by atoms with E-state index < -0.39 is 11.6 Å². The maximum Gasteiger partial charge on any atom is 0.130 e. The fraction of sp³-hybridized carbons (Fsp3) is 0.647. The first kappa shape index (κ1) is 16.2. The second-order valence-electron chi connectivity index (χ2n) is 6.95.